The number of rotatable bonds is 4. The van der Waals surface area contributed by atoms with Gasteiger partial charge in [0.15, 0.2) is 0 Å². The van der Waals surface area contributed by atoms with Crippen LogP contribution in [-0.2, 0) is 20.2 Å². The van der Waals surface area contributed by atoms with Crippen LogP contribution in [0.1, 0.15) is 29.2 Å². The zero-order valence-corrected chi connectivity index (χ0v) is 19.2. The average molecular weight is 479 g/mol. The molecule has 1 aliphatic rings. The highest BCUT2D eigenvalue weighted by molar-refractivity contribution is 7.62. The van der Waals surface area contributed by atoms with Gasteiger partial charge in [0.2, 0.25) is 5.95 Å². The number of hydrogen-bond acceptors (Lipinski definition) is 6. The summed E-state index contributed by atoms with van der Waals surface area (Å²) in [5.74, 6) is 0.361. The first-order valence-corrected chi connectivity index (χ1v) is 12.3. The first-order valence-electron chi connectivity index (χ1n) is 10.4. The standard InChI is InChI=1S/C24H20ClN4O3P/c25-19-3-1-2-18(13-19)23-10-11-31-33(30,32-23)20-7-4-16(5-8-20)15-29-22-9-6-17(14-26)12-21(22)28-24(29)27/h1-9,12-13,23H,10-11,15H2,(H2,27,28). The summed E-state index contributed by atoms with van der Waals surface area (Å²) < 4.78 is 26.9. The Morgan fingerprint density at radius 2 is 2.00 bits per heavy atom. The van der Waals surface area contributed by atoms with Crippen LogP contribution in [0.4, 0.5) is 5.95 Å². The van der Waals surface area contributed by atoms with E-state index < -0.39 is 7.60 Å². The maximum atomic E-state index is 13.5. The van der Waals surface area contributed by atoms with Crippen molar-refractivity contribution in [2.75, 3.05) is 12.3 Å². The normalized spacial score (nSPS) is 20.5. The maximum Gasteiger partial charge on any atom is 0.361 e. The molecular weight excluding hydrogens is 459 g/mol. The number of imidazole rings is 1. The van der Waals surface area contributed by atoms with E-state index in [4.69, 9.17) is 31.6 Å². The van der Waals surface area contributed by atoms with Crippen molar-refractivity contribution in [2.24, 2.45) is 0 Å². The predicted octanol–water partition coefficient (Wildman–Crippen LogP) is 5.19. The fraction of sp³-hybridized carbons (Fsp3) is 0.167. The number of anilines is 1. The van der Waals surface area contributed by atoms with Crippen molar-refractivity contribution in [3.05, 3.63) is 88.4 Å². The van der Waals surface area contributed by atoms with Crippen molar-refractivity contribution in [1.29, 1.82) is 5.26 Å². The predicted molar refractivity (Wildman–Crippen MR) is 127 cm³/mol. The van der Waals surface area contributed by atoms with Gasteiger partial charge in [-0.15, -0.1) is 0 Å². The fourth-order valence-corrected chi connectivity index (χ4v) is 5.90. The van der Waals surface area contributed by atoms with E-state index in [1.165, 1.54) is 0 Å². The van der Waals surface area contributed by atoms with Crippen molar-refractivity contribution in [2.45, 2.75) is 19.1 Å². The Bertz CT molecular complexity index is 1430. The minimum absolute atomic E-state index is 0.332. The van der Waals surface area contributed by atoms with Crippen LogP contribution < -0.4 is 11.0 Å². The molecule has 3 aromatic carbocycles. The van der Waals surface area contributed by atoms with E-state index in [-0.39, 0.29) is 6.10 Å². The van der Waals surface area contributed by atoms with Gasteiger partial charge in [0.1, 0.15) is 0 Å². The van der Waals surface area contributed by atoms with Crippen LogP contribution in [0, 0.1) is 11.3 Å². The second kappa shape index (κ2) is 8.66. The molecule has 0 spiro atoms. The lowest BCUT2D eigenvalue weighted by Gasteiger charge is -2.30. The second-order valence-electron chi connectivity index (χ2n) is 7.81. The van der Waals surface area contributed by atoms with Gasteiger partial charge in [-0.05, 0) is 53.6 Å². The third kappa shape index (κ3) is 4.27. The van der Waals surface area contributed by atoms with Gasteiger partial charge >= 0.3 is 7.60 Å². The molecule has 0 amide bonds. The van der Waals surface area contributed by atoms with E-state index in [9.17, 15) is 4.57 Å². The van der Waals surface area contributed by atoms with E-state index in [1.54, 1.807) is 30.3 Å². The van der Waals surface area contributed by atoms with Crippen molar-refractivity contribution >= 4 is 41.5 Å². The number of aromatic nitrogens is 2. The van der Waals surface area contributed by atoms with Crippen molar-refractivity contribution in [3.63, 3.8) is 0 Å². The molecule has 0 saturated carbocycles. The number of hydrogen-bond donors (Lipinski definition) is 1. The molecular formula is C24H20ClN4O3P. The molecule has 5 rings (SSSR count). The van der Waals surface area contributed by atoms with Crippen LogP contribution in [0.15, 0.2) is 66.7 Å². The zero-order valence-electron chi connectivity index (χ0n) is 17.5. The maximum absolute atomic E-state index is 13.5. The second-order valence-corrected chi connectivity index (χ2v) is 10.2. The number of nitrogens with two attached hydrogens (primary N) is 1. The number of halogens is 1. The summed E-state index contributed by atoms with van der Waals surface area (Å²) >= 11 is 6.10. The Morgan fingerprint density at radius 3 is 2.76 bits per heavy atom. The van der Waals surface area contributed by atoms with Gasteiger partial charge in [-0.3, -0.25) is 9.09 Å². The first kappa shape index (κ1) is 21.7. The number of nitriles is 1. The summed E-state index contributed by atoms with van der Waals surface area (Å²) in [6, 6.07) is 22.1. The summed E-state index contributed by atoms with van der Waals surface area (Å²) in [7, 11) is -3.47. The third-order valence-electron chi connectivity index (χ3n) is 5.63. The highest BCUT2D eigenvalue weighted by Crippen LogP contribution is 2.55. The third-order valence-corrected chi connectivity index (χ3v) is 7.85. The van der Waals surface area contributed by atoms with Crippen LogP contribution in [0.2, 0.25) is 5.02 Å². The molecule has 2 atom stereocenters. The Kier molecular flexibility index (Phi) is 5.69. The Hall–Kier alpha value is -3.14. The smallest absolute Gasteiger partial charge is 0.361 e. The van der Waals surface area contributed by atoms with Gasteiger partial charge in [-0.25, -0.2) is 4.98 Å². The van der Waals surface area contributed by atoms with Crippen molar-refractivity contribution in [1.82, 2.24) is 9.55 Å². The van der Waals surface area contributed by atoms with Crippen LogP contribution in [0.3, 0.4) is 0 Å². The monoisotopic (exact) mass is 478 g/mol. The lowest BCUT2D eigenvalue weighted by Crippen LogP contribution is -2.20. The molecule has 2 unspecified atom stereocenters. The van der Waals surface area contributed by atoms with Crippen molar-refractivity contribution in [3.8, 4) is 6.07 Å². The Balaban J connectivity index is 1.37. The van der Waals surface area contributed by atoms with E-state index >= 15 is 0 Å². The number of benzene rings is 3. The van der Waals surface area contributed by atoms with Gasteiger partial charge in [-0.1, -0.05) is 35.9 Å². The molecule has 2 N–H and O–H groups in total. The molecule has 4 aromatic rings. The average Bonchev–Trinajstić information content (AvgIpc) is 3.13. The summed E-state index contributed by atoms with van der Waals surface area (Å²) in [5.41, 5.74) is 9.99. The first-order chi connectivity index (χ1) is 15.9. The minimum atomic E-state index is -3.47. The van der Waals surface area contributed by atoms with Gasteiger partial charge in [0.25, 0.3) is 0 Å². The van der Waals surface area contributed by atoms with E-state index in [0.717, 1.165) is 16.6 Å². The summed E-state index contributed by atoms with van der Waals surface area (Å²) in [6.45, 7) is 0.810. The van der Waals surface area contributed by atoms with Crippen LogP contribution in [0.25, 0.3) is 11.0 Å². The van der Waals surface area contributed by atoms with E-state index in [0.29, 0.717) is 46.9 Å². The van der Waals surface area contributed by atoms with Crippen LogP contribution in [0.5, 0.6) is 0 Å². The molecule has 1 fully saturated rings. The highest BCUT2D eigenvalue weighted by Gasteiger charge is 2.36. The molecule has 1 aromatic heterocycles. The molecule has 166 valence electrons. The zero-order chi connectivity index (χ0) is 23.0. The molecule has 33 heavy (non-hydrogen) atoms. The lowest BCUT2D eigenvalue weighted by molar-refractivity contribution is 0.0875. The number of nitrogens with zero attached hydrogens (tertiary/aromatic N) is 3. The van der Waals surface area contributed by atoms with E-state index in [1.807, 2.05) is 41.0 Å². The fourth-order valence-electron chi connectivity index (χ4n) is 3.95. The Morgan fingerprint density at radius 1 is 1.18 bits per heavy atom. The van der Waals surface area contributed by atoms with Gasteiger partial charge in [0, 0.05) is 11.4 Å². The van der Waals surface area contributed by atoms with Gasteiger partial charge < -0.3 is 14.8 Å². The largest absolute Gasteiger partial charge is 0.369 e. The Labute approximate surface area is 195 Å². The summed E-state index contributed by atoms with van der Waals surface area (Å²) in [6.07, 6.45) is 0.251. The minimum Gasteiger partial charge on any atom is -0.369 e. The molecule has 1 saturated heterocycles. The highest BCUT2D eigenvalue weighted by atomic mass is 35.5. The molecule has 0 radical (unpaired) electrons. The number of fused-ring (bicyclic) bond motifs is 1. The molecule has 1 aliphatic heterocycles. The van der Waals surface area contributed by atoms with Crippen LogP contribution in [-0.4, -0.2) is 16.2 Å². The van der Waals surface area contributed by atoms with Gasteiger partial charge in [0.05, 0.1) is 47.2 Å². The van der Waals surface area contributed by atoms with Crippen molar-refractivity contribution < 1.29 is 13.6 Å². The molecule has 7 nitrogen and oxygen atoms in total. The van der Waals surface area contributed by atoms with Crippen LogP contribution >= 0.6 is 19.2 Å². The van der Waals surface area contributed by atoms with E-state index in [2.05, 4.69) is 11.1 Å². The topological polar surface area (TPSA) is 103 Å². The molecule has 2 heterocycles. The molecule has 0 bridgehead atoms. The molecule has 9 heteroatoms. The quantitative estimate of drug-likeness (QED) is 0.405. The molecule has 0 aliphatic carbocycles. The lowest BCUT2D eigenvalue weighted by atomic mass is 10.1. The number of nitrogen functional groups attached to an aromatic ring is 1. The summed E-state index contributed by atoms with van der Waals surface area (Å²) in [4.78, 5) is 4.36. The summed E-state index contributed by atoms with van der Waals surface area (Å²) in [5, 5.41) is 10.2. The SMILES string of the molecule is N#Cc1ccc2c(c1)nc(N)n2Cc1ccc(P2(=O)OCCC(c3cccc(Cl)c3)O2)cc1. The van der Waals surface area contributed by atoms with Gasteiger partial charge in [-0.2, -0.15) is 5.26 Å².